The average Bonchev–Trinajstić information content (AvgIpc) is 2.84. The molecule has 0 heterocycles. The third kappa shape index (κ3) is 5.13. The summed E-state index contributed by atoms with van der Waals surface area (Å²) in [6, 6.07) is -0.496. The van der Waals surface area contributed by atoms with Crippen molar-refractivity contribution >= 4 is 15.8 Å². The minimum absolute atomic E-state index is 0.108. The van der Waals surface area contributed by atoms with Gasteiger partial charge >= 0.3 is 5.97 Å². The number of carboxylic acid groups (broad SMARTS) is 1. The summed E-state index contributed by atoms with van der Waals surface area (Å²) in [6.45, 7) is 0.445. The minimum atomic E-state index is -2.93. The number of aliphatic carboxylic acids is 1. The Morgan fingerprint density at radius 2 is 2.13 bits per heavy atom. The summed E-state index contributed by atoms with van der Waals surface area (Å²) < 4.78 is 21.6. The molecule has 1 fully saturated rings. The number of carbonyl (C=O) groups is 1. The van der Waals surface area contributed by atoms with E-state index in [0.717, 1.165) is 12.8 Å². The monoisotopic (exact) mass is 235 g/mol. The molecule has 0 spiro atoms. The Balaban J connectivity index is 2.20. The molecule has 1 saturated carbocycles. The van der Waals surface area contributed by atoms with Crippen molar-refractivity contribution in [1.29, 1.82) is 0 Å². The van der Waals surface area contributed by atoms with Crippen molar-refractivity contribution in [2.45, 2.75) is 25.3 Å². The Labute approximate surface area is 89.8 Å². The van der Waals surface area contributed by atoms with Gasteiger partial charge in [-0.25, -0.2) is 8.42 Å². The van der Waals surface area contributed by atoms with Crippen LogP contribution in [0, 0.1) is 5.92 Å². The molecule has 0 radical (unpaired) electrons. The SMILES string of the molecule is CS(=O)(=O)CCCNC(C(=O)O)C1CC1. The zero-order valence-electron chi connectivity index (χ0n) is 8.77. The molecule has 1 aliphatic carbocycles. The van der Waals surface area contributed by atoms with Gasteiger partial charge in [0.25, 0.3) is 0 Å². The van der Waals surface area contributed by atoms with E-state index in [1.54, 1.807) is 0 Å². The van der Waals surface area contributed by atoms with Crippen LogP contribution >= 0.6 is 0 Å². The minimum Gasteiger partial charge on any atom is -0.480 e. The largest absolute Gasteiger partial charge is 0.480 e. The van der Waals surface area contributed by atoms with Crippen molar-refractivity contribution in [2.75, 3.05) is 18.6 Å². The molecule has 0 amide bonds. The molecule has 0 aromatic rings. The van der Waals surface area contributed by atoms with Crippen LogP contribution in [0.2, 0.25) is 0 Å². The summed E-state index contributed by atoms with van der Waals surface area (Å²) in [5.41, 5.74) is 0. The van der Waals surface area contributed by atoms with Gasteiger partial charge in [0.05, 0.1) is 5.75 Å². The Bertz CT molecular complexity index is 321. The standard InChI is InChI=1S/C9H17NO4S/c1-15(13,14)6-2-5-10-8(9(11)12)7-3-4-7/h7-8,10H,2-6H2,1H3,(H,11,12). The summed E-state index contributed by atoms with van der Waals surface area (Å²) >= 11 is 0. The van der Waals surface area contributed by atoms with E-state index in [-0.39, 0.29) is 11.7 Å². The van der Waals surface area contributed by atoms with Crippen LogP contribution in [0.5, 0.6) is 0 Å². The molecular weight excluding hydrogens is 218 g/mol. The third-order valence-corrected chi connectivity index (χ3v) is 3.45. The maximum absolute atomic E-state index is 10.8. The molecule has 0 aromatic heterocycles. The number of sulfone groups is 1. The molecule has 0 aromatic carbocycles. The first-order chi connectivity index (χ1) is 6.90. The number of hydrogen-bond donors (Lipinski definition) is 2. The lowest BCUT2D eigenvalue weighted by Crippen LogP contribution is -2.39. The van der Waals surface area contributed by atoms with Crippen LogP contribution in [0.15, 0.2) is 0 Å². The molecule has 0 saturated heterocycles. The first-order valence-corrected chi connectivity index (χ1v) is 7.10. The van der Waals surface area contributed by atoms with Gasteiger partial charge in [-0.1, -0.05) is 0 Å². The summed E-state index contributed by atoms with van der Waals surface area (Å²) in [4.78, 5) is 10.8. The van der Waals surface area contributed by atoms with Gasteiger partial charge in [-0.15, -0.1) is 0 Å². The maximum Gasteiger partial charge on any atom is 0.320 e. The molecule has 0 bridgehead atoms. The van der Waals surface area contributed by atoms with Gasteiger partial charge in [-0.05, 0) is 31.7 Å². The van der Waals surface area contributed by atoms with Crippen LogP contribution < -0.4 is 5.32 Å². The van der Waals surface area contributed by atoms with E-state index in [2.05, 4.69) is 5.32 Å². The quantitative estimate of drug-likeness (QED) is 0.601. The fourth-order valence-electron chi connectivity index (χ4n) is 1.48. The molecule has 1 unspecified atom stereocenters. The van der Waals surface area contributed by atoms with E-state index < -0.39 is 21.8 Å². The number of rotatable bonds is 7. The molecule has 1 aliphatic rings. The van der Waals surface area contributed by atoms with E-state index >= 15 is 0 Å². The van der Waals surface area contributed by atoms with E-state index in [0.29, 0.717) is 13.0 Å². The summed E-state index contributed by atoms with van der Waals surface area (Å²) in [5, 5.41) is 11.8. The molecule has 5 nitrogen and oxygen atoms in total. The van der Waals surface area contributed by atoms with Crippen LogP contribution in [0.3, 0.4) is 0 Å². The average molecular weight is 235 g/mol. The first kappa shape index (κ1) is 12.4. The smallest absolute Gasteiger partial charge is 0.320 e. The number of hydrogen-bond acceptors (Lipinski definition) is 4. The van der Waals surface area contributed by atoms with Crippen molar-refractivity contribution < 1.29 is 18.3 Å². The summed E-state index contributed by atoms with van der Waals surface area (Å²) in [6.07, 6.45) is 3.56. The molecule has 1 atom stereocenters. The molecule has 15 heavy (non-hydrogen) atoms. The first-order valence-electron chi connectivity index (χ1n) is 5.04. The van der Waals surface area contributed by atoms with Crippen LogP contribution in [-0.4, -0.2) is 44.1 Å². The van der Waals surface area contributed by atoms with Gasteiger partial charge < -0.3 is 10.4 Å². The van der Waals surface area contributed by atoms with Gasteiger partial charge in [-0.3, -0.25) is 4.79 Å². The molecule has 2 N–H and O–H groups in total. The summed E-state index contributed by atoms with van der Waals surface area (Å²) in [7, 11) is -2.93. The van der Waals surface area contributed by atoms with Crippen molar-refractivity contribution in [3.05, 3.63) is 0 Å². The highest BCUT2D eigenvalue weighted by Crippen LogP contribution is 2.32. The number of carboxylic acids is 1. The highest BCUT2D eigenvalue weighted by molar-refractivity contribution is 7.90. The second-order valence-electron chi connectivity index (χ2n) is 4.09. The zero-order chi connectivity index (χ0) is 11.5. The molecule has 1 rings (SSSR count). The van der Waals surface area contributed by atoms with Crippen molar-refractivity contribution in [2.24, 2.45) is 5.92 Å². The van der Waals surface area contributed by atoms with Gasteiger partial charge in [0, 0.05) is 6.26 Å². The lowest BCUT2D eigenvalue weighted by atomic mass is 10.2. The predicted molar refractivity (Wildman–Crippen MR) is 56.5 cm³/mol. The van der Waals surface area contributed by atoms with Crippen LogP contribution in [0.4, 0.5) is 0 Å². The number of nitrogens with one attached hydrogen (secondary N) is 1. The second kappa shape index (κ2) is 4.94. The van der Waals surface area contributed by atoms with Crippen LogP contribution in [0.1, 0.15) is 19.3 Å². The normalized spacial score (nSPS) is 18.7. The van der Waals surface area contributed by atoms with Crippen LogP contribution in [-0.2, 0) is 14.6 Å². The van der Waals surface area contributed by atoms with E-state index in [1.807, 2.05) is 0 Å². The van der Waals surface area contributed by atoms with E-state index in [9.17, 15) is 13.2 Å². The highest BCUT2D eigenvalue weighted by Gasteiger charge is 2.35. The molecule has 6 heteroatoms. The van der Waals surface area contributed by atoms with E-state index in [4.69, 9.17) is 5.11 Å². The maximum atomic E-state index is 10.8. The molecule has 88 valence electrons. The van der Waals surface area contributed by atoms with E-state index in [1.165, 1.54) is 6.26 Å². The van der Waals surface area contributed by atoms with Crippen molar-refractivity contribution in [1.82, 2.24) is 5.32 Å². The molecular formula is C9H17NO4S. The Morgan fingerprint density at radius 3 is 2.53 bits per heavy atom. The fraction of sp³-hybridized carbons (Fsp3) is 0.889. The third-order valence-electron chi connectivity index (χ3n) is 2.42. The van der Waals surface area contributed by atoms with Gasteiger partial charge in [-0.2, -0.15) is 0 Å². The topological polar surface area (TPSA) is 83.5 Å². The summed E-state index contributed by atoms with van der Waals surface area (Å²) in [5.74, 6) is -0.491. The highest BCUT2D eigenvalue weighted by atomic mass is 32.2. The van der Waals surface area contributed by atoms with Gasteiger partial charge in [0.2, 0.25) is 0 Å². The lowest BCUT2D eigenvalue weighted by molar-refractivity contribution is -0.140. The Hall–Kier alpha value is -0.620. The van der Waals surface area contributed by atoms with Gasteiger partial charge in [0.15, 0.2) is 0 Å². The fourth-order valence-corrected chi connectivity index (χ4v) is 2.15. The van der Waals surface area contributed by atoms with Crippen molar-refractivity contribution in [3.63, 3.8) is 0 Å². The molecule has 0 aliphatic heterocycles. The van der Waals surface area contributed by atoms with Crippen molar-refractivity contribution in [3.8, 4) is 0 Å². The zero-order valence-corrected chi connectivity index (χ0v) is 9.59. The lowest BCUT2D eigenvalue weighted by Gasteiger charge is -2.12. The predicted octanol–water partition coefficient (Wildman–Crippen LogP) is -0.126. The Kier molecular flexibility index (Phi) is 4.10. The Morgan fingerprint density at radius 1 is 1.53 bits per heavy atom. The van der Waals surface area contributed by atoms with Gasteiger partial charge in [0.1, 0.15) is 15.9 Å². The second-order valence-corrected chi connectivity index (χ2v) is 6.35. The van der Waals surface area contributed by atoms with Crippen LogP contribution in [0.25, 0.3) is 0 Å².